The third-order valence-electron chi connectivity index (χ3n) is 5.06. The summed E-state index contributed by atoms with van der Waals surface area (Å²) in [6.07, 6.45) is 0. The molecule has 0 saturated heterocycles. The summed E-state index contributed by atoms with van der Waals surface area (Å²) in [5.41, 5.74) is 0.876. The highest BCUT2D eigenvalue weighted by Crippen LogP contribution is 2.43. The zero-order chi connectivity index (χ0) is 19.9. The fourth-order valence-electron chi connectivity index (χ4n) is 2.61. The van der Waals surface area contributed by atoms with E-state index in [4.69, 9.17) is 9.73 Å². The zero-order valence-corrected chi connectivity index (χ0v) is 16.7. The minimum absolute atomic E-state index is 0.444. The van der Waals surface area contributed by atoms with Gasteiger partial charge < -0.3 is 4.74 Å². The van der Waals surface area contributed by atoms with E-state index in [0.29, 0.717) is 18.2 Å². The van der Waals surface area contributed by atoms with E-state index in [1.807, 2.05) is 95.3 Å². The van der Waals surface area contributed by atoms with Crippen LogP contribution in [0, 0.1) is 22.2 Å². The number of aliphatic imine (C=N–C) groups is 2. The van der Waals surface area contributed by atoms with Crippen LogP contribution in [0.1, 0.15) is 34.6 Å². The van der Waals surface area contributed by atoms with E-state index in [0.717, 1.165) is 11.4 Å². The summed E-state index contributed by atoms with van der Waals surface area (Å²) in [5.74, 6) is 0.595. The topological polar surface area (TPSA) is 57.7 Å². The van der Waals surface area contributed by atoms with Crippen LogP contribution in [0.25, 0.3) is 0 Å². The first-order valence-corrected chi connectivity index (χ1v) is 9.14. The Morgan fingerprint density at radius 2 is 1.33 bits per heavy atom. The van der Waals surface area contributed by atoms with E-state index in [-0.39, 0.29) is 0 Å². The summed E-state index contributed by atoms with van der Waals surface area (Å²) in [6, 6.07) is 21.5. The SMILES string of the molecule is CCOC(=Nc1ccccc1)C(C)(C)C(C)(C)C(C#N)=Nc1ccccc1. The molecule has 0 N–H and O–H groups in total. The quantitative estimate of drug-likeness (QED) is 0.461. The second kappa shape index (κ2) is 8.64. The fourth-order valence-corrected chi connectivity index (χ4v) is 2.61. The third-order valence-corrected chi connectivity index (χ3v) is 5.06. The van der Waals surface area contributed by atoms with E-state index < -0.39 is 10.8 Å². The molecule has 27 heavy (non-hydrogen) atoms. The number of nitrogens with zero attached hydrogens (tertiary/aromatic N) is 3. The van der Waals surface area contributed by atoms with E-state index >= 15 is 0 Å². The van der Waals surface area contributed by atoms with Gasteiger partial charge in [-0.3, -0.25) is 0 Å². The minimum Gasteiger partial charge on any atom is -0.481 e. The summed E-state index contributed by atoms with van der Waals surface area (Å²) in [5, 5.41) is 9.83. The van der Waals surface area contributed by atoms with E-state index in [2.05, 4.69) is 11.1 Å². The van der Waals surface area contributed by atoms with Crippen molar-refractivity contribution in [1.82, 2.24) is 0 Å². The monoisotopic (exact) mass is 361 g/mol. The maximum Gasteiger partial charge on any atom is 0.195 e. The van der Waals surface area contributed by atoms with Crippen LogP contribution in [0.15, 0.2) is 70.6 Å². The highest BCUT2D eigenvalue weighted by molar-refractivity contribution is 6.07. The Balaban J connectivity index is 2.50. The van der Waals surface area contributed by atoms with Gasteiger partial charge >= 0.3 is 0 Å². The van der Waals surface area contributed by atoms with Crippen molar-refractivity contribution in [2.24, 2.45) is 20.8 Å². The molecule has 2 aromatic carbocycles. The number of rotatable bonds is 6. The van der Waals surface area contributed by atoms with Crippen molar-refractivity contribution in [2.75, 3.05) is 6.61 Å². The van der Waals surface area contributed by atoms with E-state index in [1.165, 1.54) is 0 Å². The number of ether oxygens (including phenoxy) is 1. The summed E-state index contributed by atoms with van der Waals surface area (Å²) < 4.78 is 5.93. The first-order valence-electron chi connectivity index (χ1n) is 9.14. The predicted octanol–water partition coefficient (Wildman–Crippen LogP) is 6.10. The van der Waals surface area contributed by atoms with Crippen LogP contribution >= 0.6 is 0 Å². The molecule has 0 aromatic heterocycles. The van der Waals surface area contributed by atoms with Gasteiger partial charge in [0, 0.05) is 5.41 Å². The number of nitriles is 1. The lowest BCUT2D eigenvalue weighted by Gasteiger charge is -2.40. The Hall–Kier alpha value is -2.93. The van der Waals surface area contributed by atoms with Crippen LogP contribution in [-0.4, -0.2) is 18.2 Å². The second-order valence-corrected chi connectivity index (χ2v) is 7.34. The number of hydrogen-bond acceptors (Lipinski definition) is 4. The van der Waals surface area contributed by atoms with Crippen LogP contribution < -0.4 is 0 Å². The maximum atomic E-state index is 9.83. The Morgan fingerprint density at radius 3 is 1.78 bits per heavy atom. The van der Waals surface area contributed by atoms with Crippen LogP contribution in [0.5, 0.6) is 0 Å². The van der Waals surface area contributed by atoms with E-state index in [9.17, 15) is 5.26 Å². The molecule has 0 fully saturated rings. The summed E-state index contributed by atoms with van der Waals surface area (Å²) >= 11 is 0. The Bertz CT molecular complexity index is 844. The van der Waals surface area contributed by atoms with Gasteiger partial charge in [-0.25, -0.2) is 9.98 Å². The lowest BCUT2D eigenvalue weighted by Crippen LogP contribution is -2.45. The van der Waals surface area contributed by atoms with Gasteiger partial charge in [-0.05, 0) is 31.2 Å². The predicted molar refractivity (Wildman–Crippen MR) is 112 cm³/mol. The van der Waals surface area contributed by atoms with Crippen LogP contribution in [-0.2, 0) is 4.74 Å². The molecule has 0 spiro atoms. The van der Waals surface area contributed by atoms with Gasteiger partial charge in [0.05, 0.1) is 23.4 Å². The molecule has 2 rings (SSSR count). The van der Waals surface area contributed by atoms with Gasteiger partial charge in [0.1, 0.15) is 11.8 Å². The fraction of sp³-hybridized carbons (Fsp3) is 0.348. The Morgan fingerprint density at radius 1 is 0.852 bits per heavy atom. The average molecular weight is 361 g/mol. The molecule has 2 aromatic rings. The Labute approximate surface area is 162 Å². The first kappa shape index (κ1) is 20.4. The molecule has 4 heteroatoms. The molecule has 140 valence electrons. The van der Waals surface area contributed by atoms with Crippen LogP contribution in [0.4, 0.5) is 11.4 Å². The molecule has 0 bridgehead atoms. The average Bonchev–Trinajstić information content (AvgIpc) is 2.67. The number of para-hydroxylation sites is 2. The largest absolute Gasteiger partial charge is 0.481 e. The number of hydrogen-bond donors (Lipinski definition) is 0. The van der Waals surface area contributed by atoms with Crippen molar-refractivity contribution in [3.05, 3.63) is 60.7 Å². The summed E-state index contributed by atoms with van der Waals surface area (Å²) in [4.78, 5) is 9.35. The van der Waals surface area contributed by atoms with Crippen LogP contribution in [0.2, 0.25) is 0 Å². The second-order valence-electron chi connectivity index (χ2n) is 7.34. The molecule has 0 saturated carbocycles. The van der Waals surface area contributed by atoms with Crippen molar-refractivity contribution in [1.29, 1.82) is 5.26 Å². The normalized spacial score (nSPS) is 13.2. The molecule has 4 nitrogen and oxygen atoms in total. The number of benzene rings is 2. The van der Waals surface area contributed by atoms with Crippen molar-refractivity contribution < 1.29 is 4.74 Å². The van der Waals surface area contributed by atoms with Crippen molar-refractivity contribution in [3.8, 4) is 6.07 Å². The smallest absolute Gasteiger partial charge is 0.195 e. The lowest BCUT2D eigenvalue weighted by molar-refractivity contribution is 0.203. The molecule has 0 unspecified atom stereocenters. The molecule has 0 heterocycles. The molecular weight excluding hydrogens is 334 g/mol. The van der Waals surface area contributed by atoms with Gasteiger partial charge in [-0.1, -0.05) is 64.1 Å². The third kappa shape index (κ3) is 4.62. The van der Waals surface area contributed by atoms with Crippen molar-refractivity contribution in [3.63, 3.8) is 0 Å². The Kier molecular flexibility index (Phi) is 6.52. The maximum absolute atomic E-state index is 9.83. The molecule has 0 atom stereocenters. The van der Waals surface area contributed by atoms with Gasteiger partial charge in [-0.2, -0.15) is 5.26 Å². The molecule has 0 aliphatic heterocycles. The van der Waals surface area contributed by atoms with Crippen molar-refractivity contribution >= 4 is 23.0 Å². The summed E-state index contributed by atoms with van der Waals surface area (Å²) in [7, 11) is 0. The highest BCUT2D eigenvalue weighted by Gasteiger charge is 2.46. The lowest BCUT2D eigenvalue weighted by atomic mass is 9.65. The molecule has 0 aliphatic carbocycles. The van der Waals surface area contributed by atoms with Gasteiger partial charge in [0.25, 0.3) is 0 Å². The standard InChI is InChI=1S/C23H27N3O/c1-6-27-21(26-19-15-11-8-12-16-19)23(4,5)22(2,3)20(17-24)25-18-13-9-7-10-14-18/h7-16H,6H2,1-5H3. The zero-order valence-electron chi connectivity index (χ0n) is 16.7. The molecule has 0 radical (unpaired) electrons. The van der Waals surface area contributed by atoms with Gasteiger partial charge in [0.15, 0.2) is 5.90 Å². The first-order chi connectivity index (χ1) is 12.8. The molecular formula is C23H27N3O. The van der Waals surface area contributed by atoms with Gasteiger partial charge in [0.2, 0.25) is 0 Å². The molecule has 0 aliphatic rings. The highest BCUT2D eigenvalue weighted by atomic mass is 16.5. The van der Waals surface area contributed by atoms with Crippen LogP contribution in [0.3, 0.4) is 0 Å². The van der Waals surface area contributed by atoms with Gasteiger partial charge in [-0.15, -0.1) is 0 Å². The minimum atomic E-state index is -0.597. The van der Waals surface area contributed by atoms with Crippen molar-refractivity contribution in [2.45, 2.75) is 34.6 Å². The van der Waals surface area contributed by atoms with E-state index in [1.54, 1.807) is 0 Å². The molecule has 0 amide bonds. The summed E-state index contributed by atoms with van der Waals surface area (Å²) in [6.45, 7) is 10.6.